The summed E-state index contributed by atoms with van der Waals surface area (Å²) in [6.07, 6.45) is 3.39. The Morgan fingerprint density at radius 1 is 1.47 bits per heavy atom. The quantitative estimate of drug-likeness (QED) is 0.641. The molecule has 0 aliphatic heterocycles. The lowest BCUT2D eigenvalue weighted by molar-refractivity contribution is -0.384. The van der Waals surface area contributed by atoms with Crippen molar-refractivity contribution in [2.75, 3.05) is 5.32 Å². The summed E-state index contributed by atoms with van der Waals surface area (Å²) in [5, 5.41) is 13.3. The Hall–Kier alpha value is -1.95. The summed E-state index contributed by atoms with van der Waals surface area (Å²) in [5.41, 5.74) is 6.33. The largest absolute Gasteiger partial charge is 0.327 e. The molecule has 1 aliphatic carbocycles. The summed E-state index contributed by atoms with van der Waals surface area (Å²) in [6, 6.07) is 6.03. The maximum atomic E-state index is 11.9. The van der Waals surface area contributed by atoms with E-state index in [9.17, 15) is 14.9 Å². The van der Waals surface area contributed by atoms with Crippen LogP contribution in [0.3, 0.4) is 0 Å². The molecule has 1 fully saturated rings. The minimum absolute atomic E-state index is 0.0321. The van der Waals surface area contributed by atoms with Gasteiger partial charge in [0.2, 0.25) is 5.91 Å². The number of benzene rings is 1. The van der Waals surface area contributed by atoms with E-state index in [0.29, 0.717) is 12.1 Å². The number of nitrogens with zero attached hydrogens (tertiary/aromatic N) is 1. The highest BCUT2D eigenvalue weighted by molar-refractivity contribution is 5.91. The van der Waals surface area contributed by atoms with Gasteiger partial charge in [0.15, 0.2) is 0 Å². The van der Waals surface area contributed by atoms with Crippen LogP contribution in [-0.2, 0) is 4.79 Å². The van der Waals surface area contributed by atoms with Gasteiger partial charge in [-0.25, -0.2) is 0 Å². The van der Waals surface area contributed by atoms with Gasteiger partial charge in [-0.05, 0) is 24.8 Å². The summed E-state index contributed by atoms with van der Waals surface area (Å²) >= 11 is 0. The molecule has 0 radical (unpaired) electrons. The van der Waals surface area contributed by atoms with Crippen LogP contribution in [0.15, 0.2) is 24.3 Å². The zero-order chi connectivity index (χ0) is 13.8. The number of nitrogens with two attached hydrogens (primary N) is 1. The van der Waals surface area contributed by atoms with Crippen molar-refractivity contribution in [3.8, 4) is 0 Å². The van der Waals surface area contributed by atoms with Crippen LogP contribution in [0, 0.1) is 16.0 Å². The molecule has 102 valence electrons. The summed E-state index contributed by atoms with van der Waals surface area (Å²) in [6.45, 7) is 0. The number of nitrogens with one attached hydrogen (secondary N) is 1. The maximum absolute atomic E-state index is 11.9. The summed E-state index contributed by atoms with van der Waals surface area (Å²) in [7, 11) is 0. The Morgan fingerprint density at radius 2 is 2.26 bits per heavy atom. The maximum Gasteiger partial charge on any atom is 0.271 e. The zero-order valence-electron chi connectivity index (χ0n) is 10.5. The van der Waals surface area contributed by atoms with Crippen molar-refractivity contribution in [3.05, 3.63) is 34.4 Å². The molecular formula is C13H17N3O3. The smallest absolute Gasteiger partial charge is 0.271 e. The Balaban J connectivity index is 1.95. The molecule has 2 atom stereocenters. The van der Waals surface area contributed by atoms with E-state index in [1.54, 1.807) is 12.1 Å². The molecule has 0 heterocycles. The van der Waals surface area contributed by atoms with E-state index < -0.39 is 4.92 Å². The summed E-state index contributed by atoms with van der Waals surface area (Å²) in [5.74, 6) is 0.0848. The molecule has 2 rings (SSSR count). The van der Waals surface area contributed by atoms with Gasteiger partial charge in [-0.1, -0.05) is 12.5 Å². The first-order chi connectivity index (χ1) is 9.06. The molecule has 1 saturated carbocycles. The van der Waals surface area contributed by atoms with E-state index in [-0.39, 0.29) is 23.6 Å². The SMILES string of the molecule is N[C@@H]1CCC[C@H]1CC(=O)Nc1cccc([N+](=O)[O-])c1. The van der Waals surface area contributed by atoms with Crippen LogP contribution in [0.1, 0.15) is 25.7 Å². The second-order valence-corrected chi connectivity index (χ2v) is 4.91. The van der Waals surface area contributed by atoms with Crippen molar-refractivity contribution in [2.24, 2.45) is 11.7 Å². The molecule has 0 spiro atoms. The van der Waals surface area contributed by atoms with E-state index in [1.165, 1.54) is 12.1 Å². The van der Waals surface area contributed by atoms with Gasteiger partial charge in [-0.2, -0.15) is 0 Å². The van der Waals surface area contributed by atoms with Gasteiger partial charge in [-0.3, -0.25) is 14.9 Å². The third-order valence-corrected chi connectivity index (χ3v) is 3.51. The molecule has 3 N–H and O–H groups in total. The van der Waals surface area contributed by atoms with Crippen molar-refractivity contribution in [1.82, 2.24) is 0 Å². The lowest BCUT2D eigenvalue weighted by atomic mass is 10.00. The minimum atomic E-state index is -0.484. The number of nitro benzene ring substituents is 1. The van der Waals surface area contributed by atoms with Crippen molar-refractivity contribution in [1.29, 1.82) is 0 Å². The van der Waals surface area contributed by atoms with E-state index in [4.69, 9.17) is 5.73 Å². The van der Waals surface area contributed by atoms with Crippen LogP contribution >= 0.6 is 0 Å². The van der Waals surface area contributed by atoms with Crippen molar-refractivity contribution >= 4 is 17.3 Å². The van der Waals surface area contributed by atoms with Crippen molar-refractivity contribution in [3.63, 3.8) is 0 Å². The van der Waals surface area contributed by atoms with Crippen molar-refractivity contribution < 1.29 is 9.72 Å². The molecule has 1 aromatic carbocycles. The highest BCUT2D eigenvalue weighted by Crippen LogP contribution is 2.27. The molecule has 0 bridgehead atoms. The zero-order valence-corrected chi connectivity index (χ0v) is 10.5. The van der Waals surface area contributed by atoms with Gasteiger partial charge < -0.3 is 11.1 Å². The fraction of sp³-hybridized carbons (Fsp3) is 0.462. The van der Waals surface area contributed by atoms with Gasteiger partial charge >= 0.3 is 0 Å². The van der Waals surface area contributed by atoms with Gasteiger partial charge in [-0.15, -0.1) is 0 Å². The topological polar surface area (TPSA) is 98.3 Å². The predicted molar refractivity (Wildman–Crippen MR) is 71.7 cm³/mol. The number of amides is 1. The Morgan fingerprint density at radius 3 is 2.89 bits per heavy atom. The first-order valence-electron chi connectivity index (χ1n) is 6.36. The number of non-ortho nitro benzene ring substituents is 1. The van der Waals surface area contributed by atoms with E-state index in [0.717, 1.165) is 19.3 Å². The molecule has 1 amide bonds. The number of hydrogen-bond donors (Lipinski definition) is 2. The van der Waals surface area contributed by atoms with Crippen LogP contribution in [-0.4, -0.2) is 16.9 Å². The molecular weight excluding hydrogens is 246 g/mol. The number of hydrogen-bond acceptors (Lipinski definition) is 4. The van der Waals surface area contributed by atoms with Gasteiger partial charge in [0.1, 0.15) is 0 Å². The molecule has 19 heavy (non-hydrogen) atoms. The molecule has 0 aromatic heterocycles. The second kappa shape index (κ2) is 5.79. The monoisotopic (exact) mass is 263 g/mol. The number of anilines is 1. The van der Waals surface area contributed by atoms with Crippen LogP contribution in [0.5, 0.6) is 0 Å². The number of carbonyl (C=O) groups is 1. The van der Waals surface area contributed by atoms with E-state index in [2.05, 4.69) is 5.32 Å². The van der Waals surface area contributed by atoms with Crippen molar-refractivity contribution in [2.45, 2.75) is 31.7 Å². The third kappa shape index (κ3) is 3.51. The predicted octanol–water partition coefficient (Wildman–Crippen LogP) is 2.05. The Kier molecular flexibility index (Phi) is 4.11. The van der Waals surface area contributed by atoms with Gasteiger partial charge in [0.05, 0.1) is 4.92 Å². The average molecular weight is 263 g/mol. The first-order valence-corrected chi connectivity index (χ1v) is 6.36. The molecule has 6 heteroatoms. The molecule has 0 saturated heterocycles. The Labute approximate surface area is 111 Å². The van der Waals surface area contributed by atoms with Gasteiger partial charge in [0, 0.05) is 30.3 Å². The normalized spacial score (nSPS) is 22.2. The summed E-state index contributed by atoms with van der Waals surface area (Å²) in [4.78, 5) is 22.0. The third-order valence-electron chi connectivity index (χ3n) is 3.51. The number of nitro groups is 1. The standard InChI is InChI=1S/C13H17N3O3/c14-12-6-1-3-9(12)7-13(17)15-10-4-2-5-11(8-10)16(18)19/h2,4-5,8-9,12H,1,3,6-7,14H2,(H,15,17)/t9-,12+/m0/s1. The first kappa shape index (κ1) is 13.5. The minimum Gasteiger partial charge on any atom is -0.327 e. The molecule has 1 aliphatic rings. The highest BCUT2D eigenvalue weighted by Gasteiger charge is 2.26. The van der Waals surface area contributed by atoms with Crippen LogP contribution in [0.2, 0.25) is 0 Å². The fourth-order valence-electron chi connectivity index (χ4n) is 2.47. The fourth-order valence-corrected chi connectivity index (χ4v) is 2.47. The number of carbonyl (C=O) groups excluding carboxylic acids is 1. The molecule has 1 aromatic rings. The van der Waals surface area contributed by atoms with Crippen LogP contribution in [0.4, 0.5) is 11.4 Å². The molecule has 6 nitrogen and oxygen atoms in total. The lowest BCUT2D eigenvalue weighted by Crippen LogP contribution is -2.28. The lowest BCUT2D eigenvalue weighted by Gasteiger charge is -2.14. The molecule has 0 unspecified atom stereocenters. The van der Waals surface area contributed by atoms with Crippen LogP contribution < -0.4 is 11.1 Å². The summed E-state index contributed by atoms with van der Waals surface area (Å²) < 4.78 is 0. The highest BCUT2D eigenvalue weighted by atomic mass is 16.6. The number of rotatable bonds is 4. The second-order valence-electron chi connectivity index (χ2n) is 4.91. The van der Waals surface area contributed by atoms with E-state index >= 15 is 0 Å². The van der Waals surface area contributed by atoms with E-state index in [1.807, 2.05) is 0 Å². The van der Waals surface area contributed by atoms with Crippen LogP contribution in [0.25, 0.3) is 0 Å². The Bertz CT molecular complexity index is 490. The van der Waals surface area contributed by atoms with Gasteiger partial charge in [0.25, 0.3) is 5.69 Å². The average Bonchev–Trinajstić information content (AvgIpc) is 2.75.